The molecule has 3 aliphatic heterocycles. The second-order valence-corrected chi connectivity index (χ2v) is 13.3. The number of rotatable bonds is 12. The molecule has 2 aromatic rings. The second-order valence-electron chi connectivity index (χ2n) is 13.3. The summed E-state index contributed by atoms with van der Waals surface area (Å²) in [5, 5.41) is 2.87. The van der Waals surface area contributed by atoms with Gasteiger partial charge < -0.3 is 52.7 Å². The topological polar surface area (TPSA) is 173 Å². The molecule has 3 heterocycles. The first-order chi connectivity index (χ1) is 24.8. The van der Waals surface area contributed by atoms with E-state index in [0.29, 0.717) is 0 Å². The summed E-state index contributed by atoms with van der Waals surface area (Å²) in [7, 11) is 0. The van der Waals surface area contributed by atoms with E-state index in [0.717, 1.165) is 11.1 Å². The molecule has 15 nitrogen and oxygen atoms in total. The Bertz CT molecular complexity index is 1500. The molecule has 1 amide bonds. The third kappa shape index (κ3) is 10.5. The molecule has 1 N–H and O–H groups in total. The largest absolute Gasteiger partial charge is 0.463 e. The molecular weight excluding hydrogens is 682 g/mol. The van der Waals surface area contributed by atoms with Crippen molar-refractivity contribution in [1.29, 1.82) is 0 Å². The Hall–Kier alpha value is -4.12. The van der Waals surface area contributed by atoms with Crippen molar-refractivity contribution in [1.82, 2.24) is 5.32 Å². The lowest BCUT2D eigenvalue weighted by molar-refractivity contribution is -0.392. The van der Waals surface area contributed by atoms with E-state index in [1.165, 1.54) is 20.8 Å². The van der Waals surface area contributed by atoms with E-state index in [-0.39, 0.29) is 26.4 Å². The number of ether oxygens (including phenoxy) is 10. The van der Waals surface area contributed by atoms with Crippen molar-refractivity contribution in [3.8, 4) is 0 Å². The monoisotopic (exact) mass is 729 g/mol. The fraction of sp³-hybridized carbons (Fsp3) is 0.568. The molecule has 0 spiro atoms. The van der Waals surface area contributed by atoms with Crippen molar-refractivity contribution >= 4 is 24.0 Å². The van der Waals surface area contributed by atoms with Gasteiger partial charge in [0, 0.05) is 26.7 Å². The van der Waals surface area contributed by atoms with E-state index in [2.05, 4.69) is 5.32 Å². The molecule has 3 fully saturated rings. The number of benzene rings is 2. The van der Waals surface area contributed by atoms with E-state index in [1.54, 1.807) is 20.8 Å². The van der Waals surface area contributed by atoms with Crippen LogP contribution in [0.2, 0.25) is 0 Å². The van der Waals surface area contributed by atoms with Gasteiger partial charge in [-0.25, -0.2) is 4.79 Å². The van der Waals surface area contributed by atoms with Gasteiger partial charge in [0.1, 0.15) is 49.8 Å². The van der Waals surface area contributed by atoms with Crippen LogP contribution in [0.1, 0.15) is 52.7 Å². The SMILES string of the molecule is CC(=O)OCC1O[C@@H](O[C@@H]2C(NC(=O)OCc3ccccc3)[C@@H](OCc3ccccc3)OC3COC(C)(C)O[C@H]32)C(OC(C)=O)[C@@H](C)[C@H]1OC(C)=O. The lowest BCUT2D eigenvalue weighted by Crippen LogP contribution is -2.70. The highest BCUT2D eigenvalue weighted by Crippen LogP contribution is 2.38. The average molecular weight is 730 g/mol. The van der Waals surface area contributed by atoms with Crippen LogP contribution in [0.3, 0.4) is 0 Å². The summed E-state index contributed by atoms with van der Waals surface area (Å²) in [4.78, 5) is 49.9. The number of amides is 1. The van der Waals surface area contributed by atoms with Crippen LogP contribution in [0.25, 0.3) is 0 Å². The van der Waals surface area contributed by atoms with Gasteiger partial charge in [0.2, 0.25) is 0 Å². The van der Waals surface area contributed by atoms with Gasteiger partial charge in [-0.15, -0.1) is 0 Å². The summed E-state index contributed by atoms with van der Waals surface area (Å²) in [6.45, 7) is 8.74. The third-order valence-corrected chi connectivity index (χ3v) is 8.74. The molecule has 52 heavy (non-hydrogen) atoms. The van der Waals surface area contributed by atoms with Crippen molar-refractivity contribution < 1.29 is 66.5 Å². The fourth-order valence-corrected chi connectivity index (χ4v) is 6.36. The third-order valence-electron chi connectivity index (χ3n) is 8.74. The van der Waals surface area contributed by atoms with Gasteiger partial charge in [0.25, 0.3) is 0 Å². The van der Waals surface area contributed by atoms with Gasteiger partial charge in [-0.3, -0.25) is 14.4 Å². The summed E-state index contributed by atoms with van der Waals surface area (Å²) < 4.78 is 60.2. The van der Waals surface area contributed by atoms with Gasteiger partial charge in [0.15, 0.2) is 24.5 Å². The Morgan fingerprint density at radius 3 is 2.00 bits per heavy atom. The van der Waals surface area contributed by atoms with Gasteiger partial charge in [0.05, 0.1) is 13.2 Å². The molecule has 4 unspecified atom stereocenters. The summed E-state index contributed by atoms with van der Waals surface area (Å²) in [6, 6.07) is 17.5. The van der Waals surface area contributed by atoms with Gasteiger partial charge in [-0.05, 0) is 25.0 Å². The number of carbonyl (C=O) groups excluding carboxylic acids is 4. The molecular formula is C37H47NO14. The summed E-state index contributed by atoms with van der Waals surface area (Å²) in [5.74, 6) is -3.64. The van der Waals surface area contributed by atoms with Crippen molar-refractivity contribution in [2.75, 3.05) is 13.2 Å². The molecule has 0 radical (unpaired) electrons. The van der Waals surface area contributed by atoms with Crippen LogP contribution >= 0.6 is 0 Å². The Kier molecular flexibility index (Phi) is 13.2. The lowest BCUT2D eigenvalue weighted by Gasteiger charge is -2.52. The predicted molar refractivity (Wildman–Crippen MR) is 179 cm³/mol. The number of hydrogen-bond acceptors (Lipinski definition) is 14. The molecule has 3 saturated heterocycles. The highest BCUT2D eigenvalue weighted by molar-refractivity contribution is 5.68. The summed E-state index contributed by atoms with van der Waals surface area (Å²) in [6.07, 6.45) is -9.10. The Morgan fingerprint density at radius 1 is 0.769 bits per heavy atom. The Labute approximate surface area is 302 Å². The molecule has 15 heteroatoms. The minimum absolute atomic E-state index is 0.0160. The molecule has 2 aromatic carbocycles. The van der Waals surface area contributed by atoms with Gasteiger partial charge in [-0.1, -0.05) is 67.6 Å². The number of carbonyl (C=O) groups is 4. The zero-order chi connectivity index (χ0) is 37.4. The smallest absolute Gasteiger partial charge is 0.407 e. The molecule has 0 bridgehead atoms. The number of alkyl carbamates (subject to hydrolysis) is 1. The van der Waals surface area contributed by atoms with E-state index in [1.807, 2.05) is 60.7 Å². The van der Waals surface area contributed by atoms with Crippen molar-refractivity contribution in [2.45, 2.75) is 116 Å². The number of fused-ring (bicyclic) bond motifs is 1. The quantitative estimate of drug-likeness (QED) is 0.248. The van der Waals surface area contributed by atoms with Crippen LogP contribution in [0.5, 0.6) is 0 Å². The number of nitrogens with one attached hydrogen (secondary N) is 1. The summed E-state index contributed by atoms with van der Waals surface area (Å²) >= 11 is 0. The van der Waals surface area contributed by atoms with Crippen LogP contribution in [0, 0.1) is 5.92 Å². The van der Waals surface area contributed by atoms with Crippen molar-refractivity contribution in [3.05, 3.63) is 71.8 Å². The molecule has 10 atom stereocenters. The van der Waals surface area contributed by atoms with Gasteiger partial charge >= 0.3 is 24.0 Å². The highest BCUT2D eigenvalue weighted by atomic mass is 16.8. The van der Waals surface area contributed by atoms with Crippen LogP contribution in [0.4, 0.5) is 4.79 Å². The molecule has 3 aliphatic rings. The van der Waals surface area contributed by atoms with Crippen LogP contribution in [-0.2, 0) is 75.0 Å². The zero-order valence-corrected chi connectivity index (χ0v) is 30.1. The van der Waals surface area contributed by atoms with Crippen LogP contribution < -0.4 is 5.32 Å². The maximum atomic E-state index is 13.5. The maximum Gasteiger partial charge on any atom is 0.407 e. The molecule has 0 aliphatic carbocycles. The van der Waals surface area contributed by atoms with Crippen molar-refractivity contribution in [3.63, 3.8) is 0 Å². The molecule has 5 rings (SSSR count). The first kappa shape index (κ1) is 39.1. The summed E-state index contributed by atoms with van der Waals surface area (Å²) in [5.41, 5.74) is 1.62. The Morgan fingerprint density at radius 2 is 1.38 bits per heavy atom. The molecule has 0 saturated carbocycles. The Balaban J connectivity index is 1.49. The zero-order valence-electron chi connectivity index (χ0n) is 30.1. The molecule has 284 valence electrons. The minimum Gasteiger partial charge on any atom is -0.463 e. The average Bonchev–Trinajstić information content (AvgIpc) is 3.10. The van der Waals surface area contributed by atoms with E-state index in [4.69, 9.17) is 47.4 Å². The number of esters is 3. The van der Waals surface area contributed by atoms with Gasteiger partial charge in [-0.2, -0.15) is 0 Å². The standard InChI is InChI=1S/C37H47NO14/c1-21-30(47-23(3)40)27(19-43-22(2)39)50-35(31(21)48-24(4)41)51-33-29(38-36(42)45-18-26-15-11-8-12-16-26)34(44-17-25-13-9-7-10-14-25)49-28-20-46-37(5,6)52-32(28)33/h7-16,21,27-35H,17-20H2,1-6H3,(H,38,42)/t21-,27?,28?,29?,30+,31?,32+,33+,34-,35-/m0/s1. The molecule has 0 aromatic heterocycles. The number of hydrogen-bond donors (Lipinski definition) is 1. The first-order valence-electron chi connectivity index (χ1n) is 17.2. The van der Waals surface area contributed by atoms with Crippen molar-refractivity contribution in [2.24, 2.45) is 5.92 Å². The minimum atomic E-state index is -1.34. The normalized spacial score (nSPS) is 31.0. The predicted octanol–water partition coefficient (Wildman–Crippen LogP) is 3.55. The van der Waals surface area contributed by atoms with Crippen LogP contribution in [0.15, 0.2) is 60.7 Å². The second kappa shape index (κ2) is 17.6. The van der Waals surface area contributed by atoms with E-state index in [9.17, 15) is 19.2 Å². The first-order valence-corrected chi connectivity index (χ1v) is 17.2. The lowest BCUT2D eigenvalue weighted by atomic mass is 9.89. The van der Waals surface area contributed by atoms with E-state index < -0.39 is 91.0 Å². The van der Waals surface area contributed by atoms with Crippen LogP contribution in [-0.4, -0.2) is 98.2 Å². The fourth-order valence-electron chi connectivity index (χ4n) is 6.36. The highest BCUT2D eigenvalue weighted by Gasteiger charge is 2.56. The van der Waals surface area contributed by atoms with E-state index >= 15 is 0 Å². The maximum absolute atomic E-state index is 13.5.